The van der Waals surface area contributed by atoms with E-state index in [1.54, 1.807) is 40.2 Å². The topological polar surface area (TPSA) is 111 Å². The number of aryl methyl sites for hydroxylation is 1. The van der Waals surface area contributed by atoms with Crippen LogP contribution in [0.3, 0.4) is 0 Å². The lowest BCUT2D eigenvalue weighted by Crippen LogP contribution is -2.38. The Bertz CT molecular complexity index is 1460. The van der Waals surface area contributed by atoms with Crippen molar-refractivity contribution in [1.82, 2.24) is 29.7 Å². The number of amides is 2. The zero-order chi connectivity index (χ0) is 26.8. The number of furan rings is 1. The molecule has 0 radical (unpaired) electrons. The molecule has 198 valence electrons. The highest BCUT2D eigenvalue weighted by molar-refractivity contribution is 9.10. The van der Waals surface area contributed by atoms with Gasteiger partial charge >= 0.3 is 0 Å². The largest absolute Gasteiger partial charge is 0.454 e. The summed E-state index contributed by atoms with van der Waals surface area (Å²) in [4.78, 5) is 27.9. The molecule has 1 unspecified atom stereocenters. The lowest BCUT2D eigenvalue weighted by molar-refractivity contribution is -0.116. The molecular weight excluding hydrogens is 597 g/mol. The molecule has 3 aromatic heterocycles. The maximum Gasteiger partial charge on any atom is 0.290 e. The van der Waals surface area contributed by atoms with Crippen LogP contribution in [0.1, 0.15) is 52.9 Å². The van der Waals surface area contributed by atoms with Crippen LogP contribution >= 0.6 is 39.1 Å². The van der Waals surface area contributed by atoms with Crippen LogP contribution in [0.25, 0.3) is 0 Å². The number of benzene rings is 1. The number of likely N-dealkylation sites (tertiary alicyclic amines) is 1. The van der Waals surface area contributed by atoms with Crippen LogP contribution in [-0.4, -0.2) is 48.0 Å². The van der Waals surface area contributed by atoms with E-state index in [0.717, 1.165) is 29.3 Å². The van der Waals surface area contributed by atoms with Gasteiger partial charge in [0.25, 0.3) is 5.91 Å². The first-order chi connectivity index (χ1) is 18.2. The molecule has 1 aliphatic rings. The minimum Gasteiger partial charge on any atom is -0.454 e. The van der Waals surface area contributed by atoms with E-state index in [2.05, 4.69) is 36.7 Å². The molecule has 1 aromatic carbocycles. The van der Waals surface area contributed by atoms with E-state index in [0.29, 0.717) is 46.0 Å². The minimum absolute atomic E-state index is 0.0536. The van der Waals surface area contributed by atoms with Crippen LogP contribution in [-0.2, 0) is 17.9 Å². The number of hydrogen-bond acceptors (Lipinski definition) is 6. The number of carbonyl (C=O) groups is 2. The van der Waals surface area contributed by atoms with Crippen LogP contribution in [0, 0.1) is 6.92 Å². The number of nitrogens with one attached hydrogen (secondary N) is 1. The molecule has 1 N–H and O–H groups in total. The molecular formula is C25H24BrCl2N7O3. The Morgan fingerprint density at radius 3 is 2.66 bits per heavy atom. The van der Waals surface area contributed by atoms with Crippen molar-refractivity contribution in [2.75, 3.05) is 11.9 Å². The molecule has 4 heterocycles. The fourth-order valence-corrected chi connectivity index (χ4v) is 5.41. The second-order valence-electron chi connectivity index (χ2n) is 9.14. The maximum absolute atomic E-state index is 13.6. The first-order valence-corrected chi connectivity index (χ1v) is 13.5. The number of carbonyl (C=O) groups excluding carboxylic acids is 2. The van der Waals surface area contributed by atoms with Crippen LogP contribution in [0.2, 0.25) is 10.0 Å². The normalized spacial score (nSPS) is 15.6. The molecule has 0 bridgehead atoms. The average molecular weight is 621 g/mol. The highest BCUT2D eigenvalue weighted by Gasteiger charge is 2.33. The molecule has 1 saturated heterocycles. The average Bonchev–Trinajstić information content (AvgIpc) is 3.58. The third-order valence-corrected chi connectivity index (χ3v) is 7.04. The zero-order valence-electron chi connectivity index (χ0n) is 20.4. The van der Waals surface area contributed by atoms with E-state index in [-0.39, 0.29) is 24.4 Å². The summed E-state index contributed by atoms with van der Waals surface area (Å²) in [6.45, 7) is 2.80. The Morgan fingerprint density at radius 1 is 1.13 bits per heavy atom. The fraction of sp³-hybridized carbons (Fsp3) is 0.320. The first kappa shape index (κ1) is 26.5. The van der Waals surface area contributed by atoms with E-state index >= 15 is 0 Å². The van der Waals surface area contributed by atoms with Crippen molar-refractivity contribution in [2.45, 2.75) is 45.3 Å². The summed E-state index contributed by atoms with van der Waals surface area (Å²) in [5, 5.41) is 16.3. The Hall–Kier alpha value is -3.15. The number of aromatic nitrogens is 5. The van der Waals surface area contributed by atoms with Gasteiger partial charge < -0.3 is 14.6 Å². The number of halogens is 3. The summed E-state index contributed by atoms with van der Waals surface area (Å²) in [6, 6.07) is 6.40. The van der Waals surface area contributed by atoms with E-state index in [1.165, 1.54) is 4.68 Å². The van der Waals surface area contributed by atoms with E-state index < -0.39 is 0 Å². The van der Waals surface area contributed by atoms with Crippen LogP contribution in [0.15, 0.2) is 51.7 Å². The smallest absolute Gasteiger partial charge is 0.290 e. The standard InChI is InChI=1S/C25H24BrCl2N7O3/c1-15-6-20(12-33-11-16(26)10-29-33)38-24(15)25(37)35-5-3-2-4-22(35)21-13-34(32-31-21)14-23(36)30-19-8-17(27)7-18(28)9-19/h6-11,13,22H,2-5,12,14H2,1H3,(H,30,36). The molecule has 13 heteroatoms. The van der Waals surface area contributed by atoms with Gasteiger partial charge in [-0.2, -0.15) is 5.10 Å². The van der Waals surface area contributed by atoms with Gasteiger partial charge in [-0.15, -0.1) is 5.10 Å². The van der Waals surface area contributed by atoms with Gasteiger partial charge in [0, 0.05) is 34.0 Å². The second kappa shape index (κ2) is 11.3. The summed E-state index contributed by atoms with van der Waals surface area (Å²) in [5.41, 5.74) is 1.88. The third kappa shape index (κ3) is 6.11. The van der Waals surface area contributed by atoms with Crippen molar-refractivity contribution in [3.05, 3.63) is 80.2 Å². The van der Waals surface area contributed by atoms with Crippen molar-refractivity contribution in [3.63, 3.8) is 0 Å². The Labute approximate surface area is 237 Å². The van der Waals surface area contributed by atoms with Crippen LogP contribution < -0.4 is 5.32 Å². The van der Waals surface area contributed by atoms with Crippen molar-refractivity contribution in [3.8, 4) is 0 Å². The summed E-state index contributed by atoms with van der Waals surface area (Å²) < 4.78 is 10.0. The maximum atomic E-state index is 13.6. The molecule has 2 amide bonds. The molecule has 0 spiro atoms. The molecule has 1 aliphatic heterocycles. The Morgan fingerprint density at radius 2 is 1.92 bits per heavy atom. The minimum atomic E-state index is -0.306. The lowest BCUT2D eigenvalue weighted by atomic mass is 9.99. The van der Waals surface area contributed by atoms with Gasteiger partial charge in [0.1, 0.15) is 18.0 Å². The van der Waals surface area contributed by atoms with E-state index in [1.807, 2.05) is 19.2 Å². The quantitative estimate of drug-likeness (QED) is 0.292. The molecule has 4 aromatic rings. The van der Waals surface area contributed by atoms with Crippen molar-refractivity contribution < 1.29 is 14.0 Å². The molecule has 0 saturated carbocycles. The van der Waals surface area contributed by atoms with Gasteiger partial charge in [0.05, 0.1) is 29.5 Å². The second-order valence-corrected chi connectivity index (χ2v) is 10.9. The molecule has 10 nitrogen and oxygen atoms in total. The summed E-state index contributed by atoms with van der Waals surface area (Å²) in [7, 11) is 0. The van der Waals surface area contributed by atoms with Gasteiger partial charge in [0.2, 0.25) is 5.91 Å². The predicted molar refractivity (Wildman–Crippen MR) is 145 cm³/mol. The lowest BCUT2D eigenvalue weighted by Gasteiger charge is -2.34. The van der Waals surface area contributed by atoms with Gasteiger partial charge in [-0.25, -0.2) is 4.68 Å². The van der Waals surface area contributed by atoms with Crippen molar-refractivity contribution >= 4 is 56.6 Å². The van der Waals surface area contributed by atoms with Crippen LogP contribution in [0.5, 0.6) is 0 Å². The number of nitrogens with zero attached hydrogens (tertiary/aromatic N) is 6. The van der Waals surface area contributed by atoms with E-state index in [4.69, 9.17) is 27.6 Å². The highest BCUT2D eigenvalue weighted by Crippen LogP contribution is 2.32. The Kier molecular flexibility index (Phi) is 7.87. The molecule has 38 heavy (non-hydrogen) atoms. The SMILES string of the molecule is Cc1cc(Cn2cc(Br)cn2)oc1C(=O)N1CCCCC1c1cn(CC(=O)Nc2cc(Cl)cc(Cl)c2)nn1. The molecule has 1 fully saturated rings. The summed E-state index contributed by atoms with van der Waals surface area (Å²) >= 11 is 15.4. The van der Waals surface area contributed by atoms with Gasteiger partial charge in [-0.05, 0) is 66.4 Å². The number of rotatable bonds is 7. The van der Waals surface area contributed by atoms with Crippen molar-refractivity contribution in [1.29, 1.82) is 0 Å². The van der Waals surface area contributed by atoms with Crippen LogP contribution in [0.4, 0.5) is 5.69 Å². The molecule has 5 rings (SSSR count). The fourth-order valence-electron chi connectivity index (χ4n) is 4.55. The summed E-state index contributed by atoms with van der Waals surface area (Å²) in [6.07, 6.45) is 7.82. The molecule has 0 aliphatic carbocycles. The molecule has 1 atom stereocenters. The summed E-state index contributed by atoms with van der Waals surface area (Å²) in [5.74, 6) is 0.461. The Balaban J connectivity index is 1.28. The zero-order valence-corrected chi connectivity index (χ0v) is 23.5. The predicted octanol–water partition coefficient (Wildman–Crippen LogP) is 5.50. The highest BCUT2D eigenvalue weighted by atomic mass is 79.9. The van der Waals surface area contributed by atoms with Gasteiger partial charge in [0.15, 0.2) is 5.76 Å². The monoisotopic (exact) mass is 619 g/mol. The first-order valence-electron chi connectivity index (χ1n) is 12.0. The van der Waals surface area contributed by atoms with Crippen molar-refractivity contribution in [2.24, 2.45) is 0 Å². The number of piperidine rings is 1. The third-order valence-electron chi connectivity index (χ3n) is 6.20. The number of hydrogen-bond donors (Lipinski definition) is 1. The van der Waals surface area contributed by atoms with Gasteiger partial charge in [-0.1, -0.05) is 28.4 Å². The number of anilines is 1. The van der Waals surface area contributed by atoms with E-state index in [9.17, 15) is 9.59 Å². The van der Waals surface area contributed by atoms with Gasteiger partial charge in [-0.3, -0.25) is 14.3 Å².